The molecule has 2 aromatic rings. The van der Waals surface area contributed by atoms with Crippen LogP contribution in [0.2, 0.25) is 5.02 Å². The van der Waals surface area contributed by atoms with Gasteiger partial charge in [-0.2, -0.15) is 0 Å². The molecular weight excluding hydrogens is 438 g/mol. The summed E-state index contributed by atoms with van der Waals surface area (Å²) < 4.78 is 10.8. The Morgan fingerprint density at radius 3 is 2.45 bits per heavy atom. The van der Waals surface area contributed by atoms with E-state index < -0.39 is 11.9 Å². The number of ketones is 1. The third kappa shape index (κ3) is 4.69. The number of hydrogen-bond acceptors (Lipinski definition) is 5. The molecule has 0 amide bonds. The van der Waals surface area contributed by atoms with Crippen molar-refractivity contribution < 1.29 is 19.1 Å². The van der Waals surface area contributed by atoms with Gasteiger partial charge in [-0.1, -0.05) is 35.9 Å². The Hall–Kier alpha value is -3.05. The first-order valence-electron chi connectivity index (χ1n) is 11.1. The maximum Gasteiger partial charge on any atom is 0.337 e. The van der Waals surface area contributed by atoms with Crippen LogP contribution in [-0.2, 0) is 14.3 Å². The van der Waals surface area contributed by atoms with E-state index in [4.69, 9.17) is 21.1 Å². The van der Waals surface area contributed by atoms with E-state index in [0.29, 0.717) is 34.7 Å². The molecule has 0 saturated heterocycles. The van der Waals surface area contributed by atoms with Crippen LogP contribution in [-0.4, -0.2) is 25.0 Å². The van der Waals surface area contributed by atoms with Crippen LogP contribution < -0.4 is 10.1 Å². The van der Waals surface area contributed by atoms with E-state index >= 15 is 0 Å². The van der Waals surface area contributed by atoms with Crippen molar-refractivity contribution in [3.05, 3.63) is 87.2 Å². The smallest absolute Gasteiger partial charge is 0.337 e. The fraction of sp³-hybridized carbons (Fsp3) is 0.333. The highest BCUT2D eigenvalue weighted by Crippen LogP contribution is 2.46. The zero-order chi connectivity index (χ0) is 23.7. The fourth-order valence-corrected chi connectivity index (χ4v) is 4.92. The molecule has 1 aliphatic carbocycles. The van der Waals surface area contributed by atoms with Gasteiger partial charge in [-0.15, -0.1) is 0 Å². The van der Waals surface area contributed by atoms with Gasteiger partial charge in [0.25, 0.3) is 0 Å². The molecule has 1 aliphatic heterocycles. The Labute approximate surface area is 199 Å². The molecule has 0 aromatic heterocycles. The van der Waals surface area contributed by atoms with Gasteiger partial charge in [0.2, 0.25) is 0 Å². The molecule has 0 spiro atoms. The standard InChI is InChI=1S/C27H28ClNO4/c1-15(2)33-27(31)24-16(3)29-22-13-19(17-8-10-21(32-4)11-9-17)14-23(30)26(22)25(24)18-6-5-7-20(28)12-18/h5-12,15,19,25,29H,13-14H2,1-4H3/t19-,25-/m1/s1. The number of methoxy groups -OCH3 is 1. The molecule has 172 valence electrons. The van der Waals surface area contributed by atoms with Crippen molar-refractivity contribution in [2.24, 2.45) is 0 Å². The predicted molar refractivity (Wildman–Crippen MR) is 128 cm³/mol. The Balaban J connectivity index is 1.77. The van der Waals surface area contributed by atoms with Crippen LogP contribution in [0.25, 0.3) is 0 Å². The van der Waals surface area contributed by atoms with Gasteiger partial charge in [0.15, 0.2) is 5.78 Å². The molecular formula is C27H28ClNO4. The lowest BCUT2D eigenvalue weighted by molar-refractivity contribution is -0.143. The molecule has 0 unspecified atom stereocenters. The lowest BCUT2D eigenvalue weighted by atomic mass is 9.71. The Kier molecular flexibility index (Phi) is 6.61. The van der Waals surface area contributed by atoms with E-state index in [1.165, 1.54) is 0 Å². The lowest BCUT2D eigenvalue weighted by Crippen LogP contribution is -2.36. The zero-order valence-corrected chi connectivity index (χ0v) is 20.0. The van der Waals surface area contributed by atoms with Crippen molar-refractivity contribution in [1.29, 1.82) is 0 Å². The Morgan fingerprint density at radius 2 is 1.82 bits per heavy atom. The molecule has 0 fully saturated rings. The van der Waals surface area contributed by atoms with Gasteiger partial charge in [0.1, 0.15) is 5.75 Å². The summed E-state index contributed by atoms with van der Waals surface area (Å²) in [5.74, 6) is -0.0830. The van der Waals surface area contributed by atoms with Crippen LogP contribution in [0.5, 0.6) is 5.75 Å². The van der Waals surface area contributed by atoms with Gasteiger partial charge < -0.3 is 14.8 Å². The highest BCUT2D eigenvalue weighted by atomic mass is 35.5. The highest BCUT2D eigenvalue weighted by Gasteiger charge is 2.41. The summed E-state index contributed by atoms with van der Waals surface area (Å²) in [7, 11) is 1.63. The van der Waals surface area contributed by atoms with Crippen molar-refractivity contribution in [1.82, 2.24) is 5.32 Å². The molecule has 2 aliphatic rings. The average molecular weight is 466 g/mol. The lowest BCUT2D eigenvalue weighted by Gasteiger charge is -2.37. The Bertz CT molecular complexity index is 1150. The summed E-state index contributed by atoms with van der Waals surface area (Å²) in [6, 6.07) is 15.2. The minimum Gasteiger partial charge on any atom is -0.497 e. The van der Waals surface area contributed by atoms with Crippen LogP contribution in [0.1, 0.15) is 56.6 Å². The van der Waals surface area contributed by atoms with Crippen LogP contribution in [0.3, 0.4) is 0 Å². The fourth-order valence-electron chi connectivity index (χ4n) is 4.72. The second-order valence-electron chi connectivity index (χ2n) is 8.80. The first-order valence-corrected chi connectivity index (χ1v) is 11.5. The topological polar surface area (TPSA) is 64.6 Å². The number of allylic oxidation sites excluding steroid dienone is 3. The number of hydrogen-bond donors (Lipinski definition) is 1. The molecule has 2 aromatic carbocycles. The van der Waals surface area contributed by atoms with E-state index in [0.717, 1.165) is 22.6 Å². The number of halogens is 1. The van der Waals surface area contributed by atoms with Crippen molar-refractivity contribution in [2.75, 3.05) is 7.11 Å². The summed E-state index contributed by atoms with van der Waals surface area (Å²) in [4.78, 5) is 26.7. The quantitative estimate of drug-likeness (QED) is 0.577. The minimum absolute atomic E-state index is 0.0249. The van der Waals surface area contributed by atoms with Gasteiger partial charge in [-0.05, 0) is 68.5 Å². The maximum atomic E-state index is 13.6. The summed E-state index contributed by atoms with van der Waals surface area (Å²) in [6.07, 6.45) is 0.777. The van der Waals surface area contributed by atoms with Crippen molar-refractivity contribution in [3.8, 4) is 5.75 Å². The number of ether oxygens (including phenoxy) is 2. The molecule has 0 bridgehead atoms. The minimum atomic E-state index is -0.518. The number of dihydropyridines is 1. The third-order valence-corrected chi connectivity index (χ3v) is 6.39. The van der Waals surface area contributed by atoms with Gasteiger partial charge in [0.05, 0.1) is 18.8 Å². The van der Waals surface area contributed by atoms with Crippen LogP contribution in [0.15, 0.2) is 71.1 Å². The molecule has 1 N–H and O–H groups in total. The largest absolute Gasteiger partial charge is 0.497 e. The molecule has 33 heavy (non-hydrogen) atoms. The van der Waals surface area contributed by atoms with Gasteiger partial charge in [-0.25, -0.2) is 4.79 Å². The van der Waals surface area contributed by atoms with Crippen molar-refractivity contribution >= 4 is 23.4 Å². The average Bonchev–Trinajstić information content (AvgIpc) is 2.77. The number of rotatable bonds is 5. The summed E-state index contributed by atoms with van der Waals surface area (Å²) in [6.45, 7) is 5.49. The van der Waals surface area contributed by atoms with Crippen molar-refractivity contribution in [2.45, 2.75) is 51.6 Å². The molecule has 1 heterocycles. The van der Waals surface area contributed by atoms with E-state index in [1.54, 1.807) is 13.2 Å². The van der Waals surface area contributed by atoms with E-state index in [1.807, 2.05) is 63.2 Å². The molecule has 0 saturated carbocycles. The van der Waals surface area contributed by atoms with Gasteiger partial charge in [-0.3, -0.25) is 4.79 Å². The molecule has 2 atom stereocenters. The second kappa shape index (κ2) is 9.44. The Morgan fingerprint density at radius 1 is 1.09 bits per heavy atom. The number of carbonyl (C=O) groups excluding carboxylic acids is 2. The summed E-state index contributed by atoms with van der Waals surface area (Å²) in [5, 5.41) is 3.93. The van der Waals surface area contributed by atoms with Gasteiger partial charge >= 0.3 is 5.97 Å². The first kappa shape index (κ1) is 23.1. The van der Waals surface area contributed by atoms with E-state index in [9.17, 15) is 9.59 Å². The maximum absolute atomic E-state index is 13.6. The number of esters is 1. The normalized spacial score (nSPS) is 20.5. The number of carbonyl (C=O) groups is 2. The summed E-state index contributed by atoms with van der Waals surface area (Å²) >= 11 is 6.29. The van der Waals surface area contributed by atoms with Gasteiger partial charge in [0, 0.05) is 34.3 Å². The third-order valence-electron chi connectivity index (χ3n) is 6.16. The predicted octanol–water partition coefficient (Wildman–Crippen LogP) is 5.66. The molecule has 4 rings (SSSR count). The summed E-state index contributed by atoms with van der Waals surface area (Å²) in [5.41, 5.74) is 4.54. The molecule has 5 nitrogen and oxygen atoms in total. The second-order valence-corrected chi connectivity index (χ2v) is 9.24. The first-order chi connectivity index (χ1) is 15.8. The monoisotopic (exact) mass is 465 g/mol. The number of benzene rings is 2. The highest BCUT2D eigenvalue weighted by molar-refractivity contribution is 6.30. The number of Topliss-reactive ketones (excluding diaryl/α,β-unsaturated/α-hetero) is 1. The number of nitrogens with one attached hydrogen (secondary N) is 1. The van der Waals surface area contributed by atoms with E-state index in [-0.39, 0.29) is 17.8 Å². The van der Waals surface area contributed by atoms with E-state index in [2.05, 4.69) is 5.32 Å². The molecule has 0 radical (unpaired) electrons. The van der Waals surface area contributed by atoms with Crippen molar-refractivity contribution in [3.63, 3.8) is 0 Å². The van der Waals surface area contributed by atoms with Crippen LogP contribution >= 0.6 is 11.6 Å². The SMILES string of the molecule is COc1ccc([C@H]2CC(=O)C3=C(C2)NC(C)=C(C(=O)OC(C)C)[C@H]3c2cccc(Cl)c2)cc1. The van der Waals surface area contributed by atoms with Crippen LogP contribution in [0, 0.1) is 0 Å². The zero-order valence-electron chi connectivity index (χ0n) is 19.3. The van der Waals surface area contributed by atoms with Crippen LogP contribution in [0.4, 0.5) is 0 Å². The molecule has 6 heteroatoms.